The van der Waals surface area contributed by atoms with E-state index in [-0.39, 0.29) is 22.5 Å². The van der Waals surface area contributed by atoms with Gasteiger partial charge in [-0.2, -0.15) is 0 Å². The van der Waals surface area contributed by atoms with Gasteiger partial charge in [0.05, 0.1) is 33.6 Å². The van der Waals surface area contributed by atoms with E-state index in [1.165, 1.54) is 23.5 Å². The molecule has 1 aromatic heterocycles. The van der Waals surface area contributed by atoms with Crippen molar-refractivity contribution < 1.29 is 18.7 Å². The fraction of sp³-hybridized carbons (Fsp3) is 0.250. The third-order valence-corrected chi connectivity index (χ3v) is 6.56. The van der Waals surface area contributed by atoms with Gasteiger partial charge in [0, 0.05) is 6.54 Å². The number of ether oxygens (including phenoxy) is 1. The van der Waals surface area contributed by atoms with Crippen molar-refractivity contribution in [1.82, 2.24) is 10.2 Å². The van der Waals surface area contributed by atoms with Crippen LogP contribution in [0.3, 0.4) is 0 Å². The molecule has 2 N–H and O–H groups in total. The van der Waals surface area contributed by atoms with Crippen molar-refractivity contribution in [3.05, 3.63) is 80.9 Å². The lowest BCUT2D eigenvalue weighted by atomic mass is 10.1. The first-order valence-electron chi connectivity index (χ1n) is 10.1. The topological polar surface area (TPSA) is 70.7 Å². The second-order valence-electron chi connectivity index (χ2n) is 7.67. The highest BCUT2D eigenvalue weighted by molar-refractivity contribution is 7.18. The minimum Gasteiger partial charge on any atom is -0.497 e. The van der Waals surface area contributed by atoms with Gasteiger partial charge in [-0.3, -0.25) is 9.59 Å². The van der Waals surface area contributed by atoms with Crippen LogP contribution in [-0.2, 0) is 0 Å². The molecular formula is C24H25ClFN3O3S. The molecule has 6 nitrogen and oxygen atoms in total. The Kier molecular flexibility index (Phi) is 8.07. The number of benzene rings is 2. The molecule has 2 aromatic carbocycles. The van der Waals surface area contributed by atoms with Crippen LogP contribution in [0.4, 0.5) is 9.39 Å². The third kappa shape index (κ3) is 6.10. The Bertz CT molecular complexity index is 1170. The summed E-state index contributed by atoms with van der Waals surface area (Å²) in [6.45, 7) is 2.20. The van der Waals surface area contributed by atoms with Gasteiger partial charge in [-0.1, -0.05) is 23.7 Å². The number of likely N-dealkylation sites (N-methyl/N-ethyl adjacent to an activating group) is 1. The molecule has 0 fully saturated rings. The Morgan fingerprint density at radius 2 is 1.91 bits per heavy atom. The first kappa shape index (κ1) is 24.7. The summed E-state index contributed by atoms with van der Waals surface area (Å²) in [5.41, 5.74) is 1.91. The average molecular weight is 490 g/mol. The number of anilines is 1. The van der Waals surface area contributed by atoms with Crippen LogP contribution in [0.1, 0.15) is 37.2 Å². The highest BCUT2D eigenvalue weighted by Crippen LogP contribution is 2.28. The van der Waals surface area contributed by atoms with Gasteiger partial charge in [-0.15, -0.1) is 11.3 Å². The summed E-state index contributed by atoms with van der Waals surface area (Å²) in [5, 5.41) is 6.23. The molecular weight excluding hydrogens is 465 g/mol. The fourth-order valence-electron chi connectivity index (χ4n) is 3.34. The lowest BCUT2D eigenvalue weighted by molar-refractivity contribution is 0.0944. The molecule has 1 heterocycles. The van der Waals surface area contributed by atoms with Crippen LogP contribution < -0.4 is 15.4 Å². The van der Waals surface area contributed by atoms with Crippen molar-refractivity contribution in [3.8, 4) is 5.75 Å². The number of nitrogens with one attached hydrogen (secondary N) is 2. The molecule has 0 saturated heterocycles. The highest BCUT2D eigenvalue weighted by atomic mass is 35.5. The number of hydrogen-bond donors (Lipinski definition) is 2. The van der Waals surface area contributed by atoms with Gasteiger partial charge in [0.2, 0.25) is 0 Å². The van der Waals surface area contributed by atoms with Crippen LogP contribution in [-0.4, -0.2) is 44.5 Å². The highest BCUT2D eigenvalue weighted by Gasteiger charge is 2.20. The van der Waals surface area contributed by atoms with Gasteiger partial charge >= 0.3 is 0 Å². The van der Waals surface area contributed by atoms with Crippen LogP contribution >= 0.6 is 22.9 Å². The molecule has 1 atom stereocenters. The lowest BCUT2D eigenvalue weighted by Crippen LogP contribution is -2.34. The molecule has 0 aliphatic heterocycles. The first-order valence-corrected chi connectivity index (χ1v) is 11.3. The number of thiophene rings is 1. The standard InChI is InChI=1S/C24H25ClFN3O3S/c1-14-10-21(28-23(30)18-9-8-16(26)12-19(18)25)33-22(14)24(31)27-13-20(29(2)3)15-6-5-7-17(11-15)32-4/h5-12,20H,13H2,1-4H3,(H,27,31)(H,28,30). The molecule has 0 saturated carbocycles. The molecule has 9 heteroatoms. The number of halogens is 2. The maximum absolute atomic E-state index is 13.2. The Morgan fingerprint density at radius 3 is 2.58 bits per heavy atom. The van der Waals surface area contributed by atoms with Crippen molar-refractivity contribution in [2.45, 2.75) is 13.0 Å². The minimum atomic E-state index is -0.521. The summed E-state index contributed by atoms with van der Waals surface area (Å²) >= 11 is 7.14. The van der Waals surface area contributed by atoms with Crippen LogP contribution in [0.25, 0.3) is 0 Å². The normalized spacial score (nSPS) is 11.8. The van der Waals surface area contributed by atoms with E-state index in [1.807, 2.05) is 43.3 Å². The van der Waals surface area contributed by atoms with Gasteiger partial charge in [0.15, 0.2) is 0 Å². The number of carbonyl (C=O) groups excluding carboxylic acids is 2. The monoisotopic (exact) mass is 489 g/mol. The van der Waals surface area contributed by atoms with Crippen molar-refractivity contribution in [3.63, 3.8) is 0 Å². The summed E-state index contributed by atoms with van der Waals surface area (Å²) in [6, 6.07) is 13.0. The molecule has 0 radical (unpaired) electrons. The van der Waals surface area contributed by atoms with Crippen LogP contribution in [0.15, 0.2) is 48.5 Å². The Morgan fingerprint density at radius 1 is 1.15 bits per heavy atom. The number of aryl methyl sites for hydroxylation is 1. The van der Waals surface area contributed by atoms with Gasteiger partial charge in [0.25, 0.3) is 11.8 Å². The second kappa shape index (κ2) is 10.8. The van der Waals surface area contributed by atoms with Crippen LogP contribution in [0.2, 0.25) is 5.02 Å². The number of hydrogen-bond acceptors (Lipinski definition) is 5. The van der Waals surface area contributed by atoms with Crippen molar-refractivity contribution in [2.75, 3.05) is 33.1 Å². The van der Waals surface area contributed by atoms with E-state index in [1.54, 1.807) is 20.1 Å². The van der Waals surface area contributed by atoms with Gasteiger partial charge < -0.3 is 20.3 Å². The molecule has 174 valence electrons. The van der Waals surface area contributed by atoms with Crippen molar-refractivity contribution >= 4 is 39.8 Å². The molecule has 0 bridgehead atoms. The number of nitrogens with zero attached hydrogens (tertiary/aromatic N) is 1. The van der Waals surface area contributed by atoms with Gasteiger partial charge in [0.1, 0.15) is 11.6 Å². The first-order chi connectivity index (χ1) is 15.7. The quantitative estimate of drug-likeness (QED) is 0.459. The van der Waals surface area contributed by atoms with Gasteiger partial charge in [-0.25, -0.2) is 4.39 Å². The zero-order valence-corrected chi connectivity index (χ0v) is 20.3. The Labute approximate surface area is 201 Å². The van der Waals surface area contributed by atoms with Crippen molar-refractivity contribution in [1.29, 1.82) is 0 Å². The Balaban J connectivity index is 1.69. The lowest BCUT2D eigenvalue weighted by Gasteiger charge is -2.25. The van der Waals surface area contributed by atoms with E-state index in [0.717, 1.165) is 22.9 Å². The third-order valence-electron chi connectivity index (χ3n) is 5.09. The predicted molar refractivity (Wildman–Crippen MR) is 130 cm³/mol. The number of methoxy groups -OCH3 is 1. The molecule has 0 spiro atoms. The molecule has 33 heavy (non-hydrogen) atoms. The summed E-state index contributed by atoms with van der Waals surface area (Å²) in [5.74, 6) is -0.472. The minimum absolute atomic E-state index is 0.0195. The van der Waals surface area contributed by atoms with Crippen LogP contribution in [0.5, 0.6) is 5.75 Å². The summed E-state index contributed by atoms with van der Waals surface area (Å²) < 4.78 is 18.6. The van der Waals surface area contributed by atoms with E-state index < -0.39 is 11.7 Å². The zero-order chi connectivity index (χ0) is 24.1. The van der Waals surface area contributed by atoms with E-state index in [9.17, 15) is 14.0 Å². The molecule has 3 rings (SSSR count). The van der Waals surface area contributed by atoms with E-state index in [4.69, 9.17) is 16.3 Å². The SMILES string of the molecule is COc1cccc(C(CNC(=O)c2sc(NC(=O)c3ccc(F)cc3Cl)cc2C)N(C)C)c1. The number of amides is 2. The number of carbonyl (C=O) groups is 2. The summed E-state index contributed by atoms with van der Waals surface area (Å²) in [7, 11) is 5.51. The summed E-state index contributed by atoms with van der Waals surface area (Å²) in [6.07, 6.45) is 0. The fourth-order valence-corrected chi connectivity index (χ4v) is 4.58. The summed E-state index contributed by atoms with van der Waals surface area (Å²) in [4.78, 5) is 27.9. The van der Waals surface area contributed by atoms with E-state index in [0.29, 0.717) is 16.4 Å². The Hall–Kier alpha value is -2.94. The van der Waals surface area contributed by atoms with Crippen LogP contribution in [0, 0.1) is 12.7 Å². The average Bonchev–Trinajstić information content (AvgIpc) is 3.13. The molecule has 0 aliphatic carbocycles. The number of rotatable bonds is 8. The van der Waals surface area contributed by atoms with Gasteiger partial charge in [-0.05, 0) is 68.5 Å². The van der Waals surface area contributed by atoms with E-state index in [2.05, 4.69) is 10.6 Å². The molecule has 1 unspecified atom stereocenters. The zero-order valence-electron chi connectivity index (χ0n) is 18.7. The maximum atomic E-state index is 13.2. The predicted octanol–water partition coefficient (Wildman–Crippen LogP) is 5.14. The second-order valence-corrected chi connectivity index (χ2v) is 9.13. The smallest absolute Gasteiger partial charge is 0.261 e. The van der Waals surface area contributed by atoms with E-state index >= 15 is 0 Å². The largest absolute Gasteiger partial charge is 0.497 e. The molecule has 2 amide bonds. The molecule has 3 aromatic rings. The maximum Gasteiger partial charge on any atom is 0.261 e. The molecule has 0 aliphatic rings. The van der Waals surface area contributed by atoms with Crippen molar-refractivity contribution in [2.24, 2.45) is 0 Å².